The van der Waals surface area contributed by atoms with Crippen molar-refractivity contribution in [1.29, 1.82) is 0 Å². The third-order valence-corrected chi connectivity index (χ3v) is 3.48. The lowest BCUT2D eigenvalue weighted by Crippen LogP contribution is -2.25. The van der Waals surface area contributed by atoms with E-state index < -0.39 is 0 Å². The second-order valence-electron chi connectivity index (χ2n) is 4.90. The van der Waals surface area contributed by atoms with Crippen LogP contribution in [-0.2, 0) is 13.1 Å². The van der Waals surface area contributed by atoms with Crippen LogP contribution >= 0.6 is 0 Å². The Bertz CT molecular complexity index is 542. The lowest BCUT2D eigenvalue weighted by molar-refractivity contribution is 0.286. The first-order chi connectivity index (χ1) is 9.36. The van der Waals surface area contributed by atoms with Crippen molar-refractivity contribution in [2.75, 3.05) is 11.9 Å². The number of hydrogen-bond acceptors (Lipinski definition) is 2. The van der Waals surface area contributed by atoms with Crippen molar-refractivity contribution in [2.45, 2.75) is 13.1 Å². The quantitative estimate of drug-likeness (QED) is 0.812. The fourth-order valence-electron chi connectivity index (χ4n) is 2.55. The molecule has 0 radical (unpaired) electrons. The number of fused-ring (bicyclic) bond motifs is 2. The molecule has 2 aromatic carbocycles. The van der Waals surface area contributed by atoms with Gasteiger partial charge in [0, 0.05) is 31.0 Å². The van der Waals surface area contributed by atoms with Gasteiger partial charge in [-0.1, -0.05) is 42.5 Å². The molecule has 1 N–H and O–H groups in total. The zero-order valence-corrected chi connectivity index (χ0v) is 11.0. The second kappa shape index (κ2) is 5.29. The normalized spacial score (nSPS) is 14.5. The van der Waals surface area contributed by atoms with E-state index in [1.807, 2.05) is 6.08 Å². The van der Waals surface area contributed by atoms with E-state index in [1.54, 1.807) is 0 Å². The summed E-state index contributed by atoms with van der Waals surface area (Å²) >= 11 is 0. The Labute approximate surface area is 114 Å². The van der Waals surface area contributed by atoms with Crippen LogP contribution in [-0.4, -0.2) is 11.4 Å². The Morgan fingerprint density at radius 2 is 1.47 bits per heavy atom. The smallest absolute Gasteiger partial charge is 0.0430 e. The molecule has 96 valence electrons. The van der Waals surface area contributed by atoms with Crippen molar-refractivity contribution in [1.82, 2.24) is 4.90 Å². The first-order valence-corrected chi connectivity index (χ1v) is 6.63. The molecule has 0 atom stereocenters. The maximum absolute atomic E-state index is 3.86. The van der Waals surface area contributed by atoms with Gasteiger partial charge in [-0.15, -0.1) is 6.58 Å². The molecule has 0 saturated carbocycles. The molecule has 0 bridgehead atoms. The van der Waals surface area contributed by atoms with Crippen molar-refractivity contribution in [3.63, 3.8) is 0 Å². The van der Waals surface area contributed by atoms with Crippen LogP contribution in [0, 0.1) is 0 Å². The molecule has 0 unspecified atom stereocenters. The highest BCUT2D eigenvalue weighted by Crippen LogP contribution is 2.28. The molecular weight excluding hydrogens is 232 g/mol. The summed E-state index contributed by atoms with van der Waals surface area (Å²) in [4.78, 5) is 2.41. The topological polar surface area (TPSA) is 15.3 Å². The average Bonchev–Trinajstić information content (AvgIpc) is 2.41. The standard InChI is InChI=1S/C17H18N2/c1-2-11-19-12-14-7-3-5-9-16(14)18-17-10-6-4-8-15(17)13-19/h2-10,18H,1,11-13H2. The van der Waals surface area contributed by atoms with Gasteiger partial charge in [0.1, 0.15) is 0 Å². The van der Waals surface area contributed by atoms with E-state index in [0.717, 1.165) is 19.6 Å². The van der Waals surface area contributed by atoms with Gasteiger partial charge in [-0.3, -0.25) is 4.90 Å². The van der Waals surface area contributed by atoms with Crippen molar-refractivity contribution >= 4 is 11.4 Å². The van der Waals surface area contributed by atoms with E-state index in [9.17, 15) is 0 Å². The molecule has 0 aromatic heterocycles. The van der Waals surface area contributed by atoms with Gasteiger partial charge in [0.25, 0.3) is 0 Å². The molecule has 2 nitrogen and oxygen atoms in total. The summed E-state index contributed by atoms with van der Waals surface area (Å²) in [5.74, 6) is 0. The van der Waals surface area contributed by atoms with E-state index >= 15 is 0 Å². The van der Waals surface area contributed by atoms with E-state index in [-0.39, 0.29) is 0 Å². The highest BCUT2D eigenvalue weighted by molar-refractivity contribution is 5.66. The fraction of sp³-hybridized carbons (Fsp3) is 0.176. The van der Waals surface area contributed by atoms with E-state index in [4.69, 9.17) is 0 Å². The van der Waals surface area contributed by atoms with Crippen LogP contribution in [0.1, 0.15) is 11.1 Å². The number of nitrogens with one attached hydrogen (secondary N) is 1. The van der Waals surface area contributed by atoms with E-state index in [1.165, 1.54) is 22.5 Å². The largest absolute Gasteiger partial charge is 0.355 e. The molecule has 0 aliphatic carbocycles. The first-order valence-electron chi connectivity index (χ1n) is 6.63. The SMILES string of the molecule is C=CCN1Cc2ccccc2Nc2ccccc2C1. The van der Waals surface area contributed by atoms with Gasteiger partial charge in [-0.25, -0.2) is 0 Å². The lowest BCUT2D eigenvalue weighted by Gasteiger charge is -2.27. The first kappa shape index (κ1) is 12.0. The van der Waals surface area contributed by atoms with Gasteiger partial charge in [0.2, 0.25) is 0 Å². The zero-order chi connectivity index (χ0) is 13.1. The van der Waals surface area contributed by atoms with Crippen LogP contribution in [0.2, 0.25) is 0 Å². The minimum Gasteiger partial charge on any atom is -0.355 e. The van der Waals surface area contributed by atoms with Gasteiger partial charge < -0.3 is 5.32 Å². The number of rotatable bonds is 2. The summed E-state index contributed by atoms with van der Waals surface area (Å²) in [5.41, 5.74) is 5.06. The number of nitrogens with zero attached hydrogens (tertiary/aromatic N) is 1. The average molecular weight is 250 g/mol. The summed E-state index contributed by atoms with van der Waals surface area (Å²) in [6, 6.07) is 17.0. The van der Waals surface area contributed by atoms with Crippen LogP contribution in [0.15, 0.2) is 61.2 Å². The second-order valence-corrected chi connectivity index (χ2v) is 4.90. The molecule has 19 heavy (non-hydrogen) atoms. The molecule has 1 aliphatic heterocycles. The Morgan fingerprint density at radius 1 is 0.947 bits per heavy atom. The molecule has 0 saturated heterocycles. The third-order valence-electron chi connectivity index (χ3n) is 3.48. The summed E-state index contributed by atoms with van der Waals surface area (Å²) in [6.07, 6.45) is 1.97. The summed E-state index contributed by atoms with van der Waals surface area (Å²) in [6.45, 7) is 6.66. The molecular formula is C17H18N2. The van der Waals surface area contributed by atoms with Crippen LogP contribution in [0.3, 0.4) is 0 Å². The molecule has 3 rings (SSSR count). The number of benzene rings is 2. The predicted octanol–water partition coefficient (Wildman–Crippen LogP) is 3.93. The van der Waals surface area contributed by atoms with Crippen LogP contribution < -0.4 is 5.32 Å². The minimum atomic E-state index is 0.905. The molecule has 0 fully saturated rings. The van der Waals surface area contributed by atoms with Crippen molar-refractivity contribution in [3.8, 4) is 0 Å². The Balaban J connectivity index is 2.05. The van der Waals surface area contributed by atoms with Gasteiger partial charge in [0.15, 0.2) is 0 Å². The Kier molecular flexibility index (Phi) is 3.34. The highest BCUT2D eigenvalue weighted by atomic mass is 15.1. The summed E-state index contributed by atoms with van der Waals surface area (Å²) in [7, 11) is 0. The van der Waals surface area contributed by atoms with E-state index in [2.05, 4.69) is 65.3 Å². The molecule has 2 heteroatoms. The Hall–Kier alpha value is -2.06. The van der Waals surface area contributed by atoms with Gasteiger partial charge in [-0.2, -0.15) is 0 Å². The van der Waals surface area contributed by atoms with Crippen LogP contribution in [0.25, 0.3) is 0 Å². The highest BCUT2D eigenvalue weighted by Gasteiger charge is 2.14. The summed E-state index contributed by atoms with van der Waals surface area (Å²) < 4.78 is 0. The molecule has 1 aliphatic rings. The number of para-hydroxylation sites is 2. The lowest BCUT2D eigenvalue weighted by atomic mass is 10.1. The Morgan fingerprint density at radius 3 is 2.00 bits per heavy atom. The van der Waals surface area contributed by atoms with Crippen molar-refractivity contribution in [2.24, 2.45) is 0 Å². The van der Waals surface area contributed by atoms with Gasteiger partial charge >= 0.3 is 0 Å². The monoisotopic (exact) mass is 250 g/mol. The van der Waals surface area contributed by atoms with Gasteiger partial charge in [-0.05, 0) is 23.3 Å². The number of anilines is 2. The molecule has 0 spiro atoms. The number of hydrogen-bond donors (Lipinski definition) is 1. The zero-order valence-electron chi connectivity index (χ0n) is 11.0. The van der Waals surface area contributed by atoms with Crippen LogP contribution in [0.5, 0.6) is 0 Å². The van der Waals surface area contributed by atoms with Crippen LogP contribution in [0.4, 0.5) is 11.4 Å². The molecule has 2 aromatic rings. The van der Waals surface area contributed by atoms with Gasteiger partial charge in [0.05, 0.1) is 0 Å². The van der Waals surface area contributed by atoms with Crippen molar-refractivity contribution < 1.29 is 0 Å². The maximum atomic E-state index is 3.86. The molecule has 0 amide bonds. The van der Waals surface area contributed by atoms with E-state index in [0.29, 0.717) is 0 Å². The summed E-state index contributed by atoms with van der Waals surface area (Å²) in [5, 5.41) is 3.55. The fourth-order valence-corrected chi connectivity index (χ4v) is 2.55. The predicted molar refractivity (Wildman–Crippen MR) is 80.5 cm³/mol. The minimum absolute atomic E-state index is 0.905. The molecule has 1 heterocycles. The maximum Gasteiger partial charge on any atom is 0.0430 e. The third kappa shape index (κ3) is 2.54. The van der Waals surface area contributed by atoms with Crippen molar-refractivity contribution in [3.05, 3.63) is 72.3 Å².